The van der Waals surface area contributed by atoms with E-state index >= 15 is 0 Å². The molecule has 0 fully saturated rings. The number of benzene rings is 20. The average Bonchev–Trinajstić information content (AvgIpc) is 1.46. The van der Waals surface area contributed by atoms with Crippen molar-refractivity contribution in [3.8, 4) is 67.8 Å². The molecule has 0 bridgehead atoms. The maximum absolute atomic E-state index is 6.39. The minimum absolute atomic E-state index is 0.824. The fourth-order valence-electron chi connectivity index (χ4n) is 20.8. The number of hydrogen-bond donors (Lipinski definition) is 0. The van der Waals surface area contributed by atoms with Gasteiger partial charge in [0.1, 0.15) is 11.2 Å². The maximum atomic E-state index is 6.39. The smallest absolute Gasteiger partial charge is 0.136 e. The predicted molar refractivity (Wildman–Crippen MR) is 528 cm³/mol. The van der Waals surface area contributed by atoms with Crippen molar-refractivity contribution in [3.63, 3.8) is 0 Å². The third-order valence-electron chi connectivity index (χ3n) is 26.2. The van der Waals surface area contributed by atoms with Gasteiger partial charge < -0.3 is 22.7 Å². The lowest BCUT2D eigenvalue weighted by Gasteiger charge is -2.17. The van der Waals surface area contributed by atoms with Gasteiger partial charge in [-0.2, -0.15) is 0 Å². The van der Waals surface area contributed by atoms with E-state index in [4.69, 9.17) is 24.4 Å². The van der Waals surface area contributed by atoms with Crippen molar-refractivity contribution in [3.05, 3.63) is 413 Å². The van der Waals surface area contributed by atoms with Crippen molar-refractivity contribution >= 4 is 206 Å². The summed E-state index contributed by atoms with van der Waals surface area (Å²) >= 11 is 1.83. The van der Waals surface area contributed by atoms with Crippen molar-refractivity contribution in [1.29, 1.82) is 0 Å². The van der Waals surface area contributed by atoms with Gasteiger partial charge in [-0.1, -0.05) is 279 Å². The fraction of sp³-hybridized carbons (Fsp3) is 0. The molecular formula is C116H68N8OS. The van der Waals surface area contributed by atoms with E-state index in [0.29, 0.717) is 0 Å². The lowest BCUT2D eigenvalue weighted by atomic mass is 9.95. The van der Waals surface area contributed by atoms with Gasteiger partial charge in [-0.25, -0.2) is 19.9 Å². The topological polar surface area (TPSA) is 84.4 Å². The molecule has 8 heterocycles. The summed E-state index contributed by atoms with van der Waals surface area (Å²) in [7, 11) is 0. The highest BCUT2D eigenvalue weighted by Gasteiger charge is 2.27. The molecule has 0 amide bonds. The highest BCUT2D eigenvalue weighted by molar-refractivity contribution is 7.26. The fourth-order valence-corrected chi connectivity index (χ4v) is 21.9. The molecule has 0 spiro atoms. The Balaban J connectivity index is 0.000000131. The number of nitrogens with zero attached hydrogens (tertiary/aromatic N) is 8. The van der Waals surface area contributed by atoms with Crippen LogP contribution in [0, 0.1) is 0 Å². The van der Waals surface area contributed by atoms with Crippen molar-refractivity contribution < 1.29 is 4.42 Å². The second-order valence-corrected chi connectivity index (χ2v) is 34.0. The van der Waals surface area contributed by atoms with Crippen molar-refractivity contribution in [2.45, 2.75) is 0 Å². The molecule has 10 heteroatoms. The first-order valence-corrected chi connectivity index (χ1v) is 43.6. The highest BCUT2D eigenvalue weighted by Crippen LogP contribution is 2.49. The Morgan fingerprint density at radius 3 is 0.929 bits per heavy atom. The Morgan fingerprint density at radius 2 is 0.476 bits per heavy atom. The summed E-state index contributed by atoms with van der Waals surface area (Å²) in [5.41, 5.74) is 26.7. The molecule has 9 nitrogen and oxygen atoms in total. The molecule has 0 aliphatic carbocycles. The third kappa shape index (κ3) is 10.4. The van der Waals surface area contributed by atoms with Crippen LogP contribution >= 0.6 is 11.3 Å². The largest absolute Gasteiger partial charge is 0.456 e. The molecule has 0 saturated heterocycles. The standard InChI is InChI=1S/C58H34N4O.C58H34N4S/c2*1-7-26-48-38(16-1)39-17-2-8-27-49(39)61(48)52-29-11-15-35-33-45-40-18-3-9-28-50(40)62(53(45)34-44(35)52)51-30-13-20-36-37(51)21-12-22-41(36)57-58(60-47-25-6-5-24-46(47)59-57)43-23-14-32-55-56(43)42-19-4-10-31-54(42)63-55/h2*1-34H. The van der Waals surface area contributed by atoms with Crippen LogP contribution in [0.25, 0.3) is 262 Å². The molecule has 0 atom stereocenters. The molecule has 0 unspecified atom stereocenters. The number of aromatic nitrogens is 8. The van der Waals surface area contributed by atoms with Crippen LogP contribution in [0.5, 0.6) is 0 Å². The van der Waals surface area contributed by atoms with Crippen LogP contribution in [0.3, 0.4) is 0 Å². The van der Waals surface area contributed by atoms with E-state index in [1.54, 1.807) is 0 Å². The highest BCUT2D eigenvalue weighted by atomic mass is 32.1. The second kappa shape index (κ2) is 27.4. The van der Waals surface area contributed by atoms with Gasteiger partial charge in [0.25, 0.3) is 0 Å². The van der Waals surface area contributed by atoms with Gasteiger partial charge in [-0.05, 0) is 155 Å². The van der Waals surface area contributed by atoms with E-state index in [-0.39, 0.29) is 0 Å². The SMILES string of the molecule is c1cc(-n2c3ccccc3c3ccccc32)c2cc3c(cc2c1)c1ccccc1n3-c1cccc2c(-c3nc4ccccc4nc3-c3cccc4oc5ccccc5c34)cccc12.c1cc(-n2c3ccccc3c3ccccc32)c2cc3c(cc2c1)c1ccccc1n3-c1cccc2c(-c3nc4ccccc4nc3-c3cccc4sc5ccccc5c34)cccc12. The zero-order valence-electron chi connectivity index (χ0n) is 67.7. The molecule has 20 aromatic carbocycles. The Kier molecular flexibility index (Phi) is 15.3. The summed E-state index contributed by atoms with van der Waals surface area (Å²) in [5.74, 6) is 0. The van der Waals surface area contributed by atoms with Crippen LogP contribution in [0.1, 0.15) is 0 Å². The second-order valence-electron chi connectivity index (χ2n) is 32.9. The van der Waals surface area contributed by atoms with E-state index in [1.165, 1.54) is 118 Å². The maximum Gasteiger partial charge on any atom is 0.136 e. The summed E-state index contributed by atoms with van der Waals surface area (Å²) in [4.78, 5) is 21.8. The minimum Gasteiger partial charge on any atom is -0.456 e. The van der Waals surface area contributed by atoms with Gasteiger partial charge in [0.2, 0.25) is 0 Å². The zero-order chi connectivity index (χ0) is 82.3. The van der Waals surface area contributed by atoms with E-state index in [0.717, 1.165) is 144 Å². The molecule has 0 aliphatic heterocycles. The number of para-hydroxylation sites is 11. The summed E-state index contributed by atoms with van der Waals surface area (Å²) in [5, 5.41) is 23.8. The Morgan fingerprint density at radius 1 is 0.183 bits per heavy atom. The van der Waals surface area contributed by atoms with Crippen LogP contribution in [-0.2, 0) is 0 Å². The average molecular weight is 1620 g/mol. The molecule has 0 N–H and O–H groups in total. The third-order valence-corrected chi connectivity index (χ3v) is 27.3. The Labute approximate surface area is 723 Å². The molecule has 0 saturated carbocycles. The van der Waals surface area contributed by atoms with Crippen molar-refractivity contribution in [1.82, 2.24) is 38.2 Å². The number of thiophene rings is 1. The van der Waals surface area contributed by atoms with E-state index in [9.17, 15) is 0 Å². The van der Waals surface area contributed by atoms with Gasteiger partial charge in [0.05, 0.1) is 112 Å². The van der Waals surface area contributed by atoms with Gasteiger partial charge in [-0.3, -0.25) is 0 Å². The van der Waals surface area contributed by atoms with Crippen LogP contribution in [-0.4, -0.2) is 38.2 Å². The molecule has 0 radical (unpaired) electrons. The van der Waals surface area contributed by atoms with E-state index in [1.807, 2.05) is 59.9 Å². The summed E-state index contributed by atoms with van der Waals surface area (Å²) in [6.45, 7) is 0. The van der Waals surface area contributed by atoms with Crippen molar-refractivity contribution in [2.75, 3.05) is 0 Å². The van der Waals surface area contributed by atoms with E-state index in [2.05, 4.69) is 382 Å². The lowest BCUT2D eigenvalue weighted by Crippen LogP contribution is -1.99. The van der Waals surface area contributed by atoms with Crippen molar-refractivity contribution in [2.24, 2.45) is 0 Å². The van der Waals surface area contributed by atoms with E-state index < -0.39 is 0 Å². The quantitative estimate of drug-likeness (QED) is 0.151. The van der Waals surface area contributed by atoms with Crippen LogP contribution < -0.4 is 0 Å². The number of rotatable bonds is 8. The minimum atomic E-state index is 0.824. The first-order chi connectivity index (χ1) is 62.5. The van der Waals surface area contributed by atoms with Crippen LogP contribution in [0.4, 0.5) is 0 Å². The molecule has 8 aromatic heterocycles. The van der Waals surface area contributed by atoms with Gasteiger partial charge >= 0.3 is 0 Å². The molecule has 584 valence electrons. The first-order valence-electron chi connectivity index (χ1n) is 42.8. The number of hydrogen-bond acceptors (Lipinski definition) is 6. The predicted octanol–water partition coefficient (Wildman–Crippen LogP) is 31.2. The van der Waals surface area contributed by atoms with Crippen LogP contribution in [0.15, 0.2) is 417 Å². The molecule has 0 aliphatic rings. The first kappa shape index (κ1) is 70.1. The van der Waals surface area contributed by atoms with Gasteiger partial charge in [0, 0.05) is 118 Å². The zero-order valence-corrected chi connectivity index (χ0v) is 68.5. The molecular weight excluding hydrogens is 1550 g/mol. The Bertz CT molecular complexity index is 8890. The summed E-state index contributed by atoms with van der Waals surface area (Å²) < 4.78 is 18.7. The Hall–Kier alpha value is -16.7. The number of fused-ring (bicyclic) bond motifs is 24. The van der Waals surface area contributed by atoms with Crippen LogP contribution in [0.2, 0.25) is 0 Å². The summed E-state index contributed by atoms with van der Waals surface area (Å²) in [6, 6.07) is 149. The summed E-state index contributed by atoms with van der Waals surface area (Å²) in [6.07, 6.45) is 0. The molecule has 126 heavy (non-hydrogen) atoms. The van der Waals surface area contributed by atoms with Gasteiger partial charge in [0.15, 0.2) is 0 Å². The molecule has 28 aromatic rings. The number of furan rings is 1. The van der Waals surface area contributed by atoms with Gasteiger partial charge in [-0.15, -0.1) is 11.3 Å². The normalized spacial score (nSPS) is 12.1. The monoisotopic (exact) mass is 1620 g/mol. The lowest BCUT2D eigenvalue weighted by molar-refractivity contribution is 0.669. The molecule has 28 rings (SSSR count).